The van der Waals surface area contributed by atoms with Gasteiger partial charge in [-0.3, -0.25) is 0 Å². The molecule has 0 unspecified atom stereocenters. The molecule has 1 rings (SSSR count). The minimum absolute atomic E-state index is 0.567. The van der Waals surface area contributed by atoms with E-state index in [1.807, 2.05) is 25.1 Å². The maximum atomic E-state index is 5.65. The fourth-order valence-electron chi connectivity index (χ4n) is 1.45. The summed E-state index contributed by atoms with van der Waals surface area (Å²) in [7, 11) is 1.65. The van der Waals surface area contributed by atoms with Gasteiger partial charge in [-0.2, -0.15) is 0 Å². The van der Waals surface area contributed by atoms with Gasteiger partial charge in [-0.1, -0.05) is 24.6 Å². The first-order valence-electron chi connectivity index (χ1n) is 5.89. The van der Waals surface area contributed by atoms with Crippen LogP contribution in [0.4, 0.5) is 0 Å². The minimum Gasteiger partial charge on any atom is -0.493 e. The minimum atomic E-state index is 0.567. The van der Waals surface area contributed by atoms with Gasteiger partial charge in [0.25, 0.3) is 0 Å². The Morgan fingerprint density at radius 1 is 1.35 bits per heavy atom. The molecule has 0 amide bonds. The fraction of sp³-hybridized carbons (Fsp3) is 0.429. The zero-order valence-electron chi connectivity index (χ0n) is 10.8. The third-order valence-electron chi connectivity index (χ3n) is 2.38. The van der Waals surface area contributed by atoms with Crippen molar-refractivity contribution in [3.8, 4) is 11.5 Å². The van der Waals surface area contributed by atoms with E-state index in [-0.39, 0.29) is 0 Å². The van der Waals surface area contributed by atoms with Crippen LogP contribution in [0.2, 0.25) is 0 Å². The van der Waals surface area contributed by atoms with Gasteiger partial charge in [-0.05, 0) is 31.0 Å². The molecule has 0 aliphatic carbocycles. The van der Waals surface area contributed by atoms with E-state index < -0.39 is 0 Å². The zero-order chi connectivity index (χ0) is 12.7. The highest BCUT2D eigenvalue weighted by molar-refractivity contribution is 5.58. The van der Waals surface area contributed by atoms with Crippen molar-refractivity contribution in [3.05, 3.63) is 29.3 Å². The molecule has 0 saturated heterocycles. The maximum Gasteiger partial charge on any atom is 0.161 e. The first kappa shape index (κ1) is 13.6. The van der Waals surface area contributed by atoms with Crippen LogP contribution in [0.5, 0.6) is 11.5 Å². The molecule has 0 aliphatic heterocycles. The SMILES string of the molecule is CCCOc1cc(C=C(C)CN)ccc1OC. The van der Waals surface area contributed by atoms with Gasteiger partial charge in [0.1, 0.15) is 0 Å². The average Bonchev–Trinajstić information content (AvgIpc) is 2.36. The molecule has 3 heteroatoms. The van der Waals surface area contributed by atoms with Crippen LogP contribution < -0.4 is 15.2 Å². The Bertz CT molecular complexity index is 386. The molecule has 0 radical (unpaired) electrons. The van der Waals surface area contributed by atoms with Crippen molar-refractivity contribution >= 4 is 6.08 Å². The van der Waals surface area contributed by atoms with Gasteiger partial charge >= 0.3 is 0 Å². The summed E-state index contributed by atoms with van der Waals surface area (Å²) in [6.45, 7) is 5.35. The molecule has 0 heterocycles. The molecule has 94 valence electrons. The molecule has 0 aromatic heterocycles. The van der Waals surface area contributed by atoms with E-state index in [9.17, 15) is 0 Å². The van der Waals surface area contributed by atoms with Crippen molar-refractivity contribution in [1.82, 2.24) is 0 Å². The number of hydrogen-bond acceptors (Lipinski definition) is 3. The van der Waals surface area contributed by atoms with E-state index >= 15 is 0 Å². The zero-order valence-corrected chi connectivity index (χ0v) is 10.8. The second kappa shape index (κ2) is 6.97. The van der Waals surface area contributed by atoms with E-state index in [1.165, 1.54) is 0 Å². The van der Waals surface area contributed by atoms with Gasteiger partial charge in [0.05, 0.1) is 13.7 Å². The Labute approximate surface area is 103 Å². The molecule has 0 fully saturated rings. The summed E-state index contributed by atoms with van der Waals surface area (Å²) in [5, 5.41) is 0. The molecule has 1 aromatic carbocycles. The second-order valence-corrected chi connectivity index (χ2v) is 3.95. The number of nitrogens with two attached hydrogens (primary N) is 1. The molecule has 0 spiro atoms. The fourth-order valence-corrected chi connectivity index (χ4v) is 1.45. The molecule has 2 N–H and O–H groups in total. The Hall–Kier alpha value is -1.48. The van der Waals surface area contributed by atoms with Gasteiger partial charge in [-0.25, -0.2) is 0 Å². The smallest absolute Gasteiger partial charge is 0.161 e. The van der Waals surface area contributed by atoms with Gasteiger partial charge in [0, 0.05) is 6.54 Å². The number of ether oxygens (including phenoxy) is 2. The van der Waals surface area contributed by atoms with Crippen molar-refractivity contribution in [2.45, 2.75) is 20.3 Å². The normalized spacial score (nSPS) is 11.4. The number of hydrogen-bond donors (Lipinski definition) is 1. The van der Waals surface area contributed by atoms with E-state index in [1.54, 1.807) is 7.11 Å². The average molecular weight is 235 g/mol. The van der Waals surface area contributed by atoms with Crippen LogP contribution >= 0.6 is 0 Å². The summed E-state index contributed by atoms with van der Waals surface area (Å²) in [4.78, 5) is 0. The lowest BCUT2D eigenvalue weighted by Crippen LogP contribution is -2.00. The largest absolute Gasteiger partial charge is 0.493 e. The summed E-state index contributed by atoms with van der Waals surface area (Å²) in [6, 6.07) is 5.89. The lowest BCUT2D eigenvalue weighted by molar-refractivity contribution is 0.294. The summed E-state index contributed by atoms with van der Waals surface area (Å²) in [5.41, 5.74) is 7.79. The van der Waals surface area contributed by atoms with Gasteiger partial charge in [-0.15, -0.1) is 0 Å². The predicted molar refractivity (Wildman–Crippen MR) is 71.5 cm³/mol. The van der Waals surface area contributed by atoms with Crippen molar-refractivity contribution < 1.29 is 9.47 Å². The van der Waals surface area contributed by atoms with Crippen LogP contribution in [0.3, 0.4) is 0 Å². The summed E-state index contributed by atoms with van der Waals surface area (Å²) < 4.78 is 10.9. The highest BCUT2D eigenvalue weighted by Crippen LogP contribution is 2.28. The highest BCUT2D eigenvalue weighted by atomic mass is 16.5. The third kappa shape index (κ3) is 4.11. The summed E-state index contributed by atoms with van der Waals surface area (Å²) >= 11 is 0. The van der Waals surface area contributed by atoms with Crippen LogP contribution in [0, 0.1) is 0 Å². The van der Waals surface area contributed by atoms with Gasteiger partial charge < -0.3 is 15.2 Å². The molecule has 0 atom stereocenters. The topological polar surface area (TPSA) is 44.5 Å². The van der Waals surface area contributed by atoms with Crippen LogP contribution in [0.15, 0.2) is 23.8 Å². The highest BCUT2D eigenvalue weighted by Gasteiger charge is 2.04. The predicted octanol–water partition coefficient (Wildman–Crippen LogP) is 2.85. The van der Waals surface area contributed by atoms with Crippen LogP contribution in [-0.4, -0.2) is 20.3 Å². The molecule has 0 aliphatic rings. The first-order valence-corrected chi connectivity index (χ1v) is 5.89. The van der Waals surface area contributed by atoms with Crippen molar-refractivity contribution in [2.24, 2.45) is 5.73 Å². The summed E-state index contributed by atoms with van der Waals surface area (Å²) in [5.74, 6) is 1.55. The Morgan fingerprint density at radius 3 is 2.71 bits per heavy atom. The lowest BCUT2D eigenvalue weighted by Gasteiger charge is -2.10. The van der Waals surface area contributed by atoms with E-state index in [4.69, 9.17) is 15.2 Å². The molecule has 0 saturated carbocycles. The Balaban J connectivity index is 2.95. The Morgan fingerprint density at radius 2 is 2.12 bits per heavy atom. The molecule has 0 bridgehead atoms. The standard InChI is InChI=1S/C14H21NO2/c1-4-7-17-14-9-12(8-11(2)10-15)5-6-13(14)16-3/h5-6,8-9H,4,7,10,15H2,1-3H3. The van der Waals surface area contributed by atoms with Crippen LogP contribution in [-0.2, 0) is 0 Å². The van der Waals surface area contributed by atoms with Crippen LogP contribution in [0.1, 0.15) is 25.8 Å². The maximum absolute atomic E-state index is 5.65. The van der Waals surface area contributed by atoms with E-state index in [0.29, 0.717) is 13.2 Å². The first-order chi connectivity index (χ1) is 8.21. The van der Waals surface area contributed by atoms with E-state index in [2.05, 4.69) is 13.0 Å². The van der Waals surface area contributed by atoms with E-state index in [0.717, 1.165) is 29.1 Å². The molecule has 1 aromatic rings. The number of rotatable bonds is 6. The third-order valence-corrected chi connectivity index (χ3v) is 2.38. The molecule has 3 nitrogen and oxygen atoms in total. The molecular formula is C14H21NO2. The second-order valence-electron chi connectivity index (χ2n) is 3.95. The number of benzene rings is 1. The quantitative estimate of drug-likeness (QED) is 0.824. The number of methoxy groups -OCH3 is 1. The summed E-state index contributed by atoms with van der Waals surface area (Å²) in [6.07, 6.45) is 3.03. The molecular weight excluding hydrogens is 214 g/mol. The van der Waals surface area contributed by atoms with Crippen LogP contribution in [0.25, 0.3) is 6.08 Å². The lowest BCUT2D eigenvalue weighted by atomic mass is 10.1. The van der Waals surface area contributed by atoms with Crippen molar-refractivity contribution in [2.75, 3.05) is 20.3 Å². The van der Waals surface area contributed by atoms with Crippen molar-refractivity contribution in [3.63, 3.8) is 0 Å². The van der Waals surface area contributed by atoms with Gasteiger partial charge in [0.2, 0.25) is 0 Å². The van der Waals surface area contributed by atoms with Gasteiger partial charge in [0.15, 0.2) is 11.5 Å². The Kier molecular flexibility index (Phi) is 5.57. The monoisotopic (exact) mass is 235 g/mol. The molecule has 17 heavy (non-hydrogen) atoms. The van der Waals surface area contributed by atoms with Crippen molar-refractivity contribution in [1.29, 1.82) is 0 Å².